The highest BCUT2D eigenvalue weighted by Crippen LogP contribution is 2.38. The minimum atomic E-state index is -0.804. The molecule has 3 aliphatic rings. The second-order valence-electron chi connectivity index (χ2n) is 11.7. The van der Waals surface area contributed by atoms with Gasteiger partial charge in [0.1, 0.15) is 18.1 Å². The first-order valence-corrected chi connectivity index (χ1v) is 16.0. The number of nitrogens with zero attached hydrogens (tertiary/aromatic N) is 3. The van der Waals surface area contributed by atoms with Gasteiger partial charge in [0.25, 0.3) is 0 Å². The summed E-state index contributed by atoms with van der Waals surface area (Å²) in [5.74, 6) is 0.455. The molecule has 2 fully saturated rings. The van der Waals surface area contributed by atoms with E-state index in [0.29, 0.717) is 32.2 Å². The van der Waals surface area contributed by atoms with Gasteiger partial charge in [-0.2, -0.15) is 0 Å². The molecule has 0 radical (unpaired) electrons. The first-order chi connectivity index (χ1) is 20.9. The number of fused-ring (bicyclic) bond motifs is 1. The van der Waals surface area contributed by atoms with Crippen molar-refractivity contribution >= 4 is 22.4 Å². The number of anilines is 1. The Kier molecular flexibility index (Phi) is 9.18. The summed E-state index contributed by atoms with van der Waals surface area (Å²) in [6.07, 6.45) is 3.36. The molecule has 2 saturated heterocycles. The number of hydrogen-bond acceptors (Lipinski definition) is 9. The fourth-order valence-corrected chi connectivity index (χ4v) is 7.55. The van der Waals surface area contributed by atoms with E-state index < -0.39 is 11.9 Å². The summed E-state index contributed by atoms with van der Waals surface area (Å²) in [4.78, 5) is 21.3. The molecule has 0 unspecified atom stereocenters. The number of ether oxygens (including phenoxy) is 4. The van der Waals surface area contributed by atoms with Gasteiger partial charge in [-0.25, -0.2) is 4.98 Å². The van der Waals surface area contributed by atoms with Crippen molar-refractivity contribution in [2.24, 2.45) is 5.92 Å². The van der Waals surface area contributed by atoms with Crippen LogP contribution in [-0.4, -0.2) is 80.2 Å². The Labute approximate surface area is 257 Å². The zero-order chi connectivity index (χ0) is 29.9. The molecule has 9 nitrogen and oxygen atoms in total. The highest BCUT2D eigenvalue weighted by molar-refractivity contribution is 7.14. The number of aryl methyl sites for hydroxylation is 1. The Morgan fingerprint density at radius 3 is 2.77 bits per heavy atom. The molecule has 0 bridgehead atoms. The number of piperidine rings is 1. The normalized spacial score (nSPS) is 21.4. The molecule has 0 spiro atoms. The molecule has 3 aliphatic heterocycles. The van der Waals surface area contributed by atoms with Gasteiger partial charge < -0.3 is 29.0 Å². The number of benzene rings is 2. The van der Waals surface area contributed by atoms with E-state index in [0.717, 1.165) is 84.6 Å². The fraction of sp³-hybridized carbons (Fsp3) is 0.515. The monoisotopic (exact) mass is 607 g/mol. The van der Waals surface area contributed by atoms with Crippen LogP contribution in [0.2, 0.25) is 0 Å². The van der Waals surface area contributed by atoms with Crippen LogP contribution in [0.3, 0.4) is 0 Å². The van der Waals surface area contributed by atoms with Crippen molar-refractivity contribution in [2.45, 2.75) is 57.9 Å². The van der Waals surface area contributed by atoms with Crippen LogP contribution in [-0.2, 0) is 33.8 Å². The average molecular weight is 608 g/mol. The van der Waals surface area contributed by atoms with Gasteiger partial charge in [0.05, 0.1) is 24.8 Å². The van der Waals surface area contributed by atoms with Crippen LogP contribution >= 0.6 is 11.3 Å². The van der Waals surface area contributed by atoms with Gasteiger partial charge in [0.2, 0.25) is 0 Å². The van der Waals surface area contributed by atoms with Gasteiger partial charge >= 0.3 is 5.97 Å². The molecular formula is C33H41N3O6S. The standard InChI is InChI=1S/C33H41N3O6S/c1-21-5-4-6-25(28-20-43-33(34-28)36-12-8-26(32(37)38)30(18-36)40-3)31(21)42-19-22-15-23-7-11-35(24-9-13-41-14-10-24)17-27(23)29(16-22)39-2/h4-6,15-16,20,24,26,30H,7-14,17-19H2,1-3H3,(H,37,38)/t26-,30+/m1/s1. The maximum atomic E-state index is 11.6. The summed E-state index contributed by atoms with van der Waals surface area (Å²) in [5.41, 5.74) is 6.57. The van der Waals surface area contributed by atoms with Crippen molar-refractivity contribution in [3.63, 3.8) is 0 Å². The van der Waals surface area contributed by atoms with Gasteiger partial charge in [-0.15, -0.1) is 11.3 Å². The second kappa shape index (κ2) is 13.2. The fourth-order valence-electron chi connectivity index (χ4n) is 6.69. The molecule has 4 heterocycles. The maximum absolute atomic E-state index is 11.6. The molecule has 0 aliphatic carbocycles. The Bertz CT molecular complexity index is 1420. The third-order valence-corrected chi connectivity index (χ3v) is 10.0. The lowest BCUT2D eigenvalue weighted by Crippen LogP contribution is -2.47. The van der Waals surface area contributed by atoms with Gasteiger partial charge in [-0.05, 0) is 61.4 Å². The molecule has 1 N–H and O–H groups in total. The lowest BCUT2D eigenvalue weighted by Gasteiger charge is -2.38. The van der Waals surface area contributed by atoms with Crippen LogP contribution in [0.15, 0.2) is 35.7 Å². The maximum Gasteiger partial charge on any atom is 0.309 e. The van der Waals surface area contributed by atoms with Crippen molar-refractivity contribution < 1.29 is 28.8 Å². The highest BCUT2D eigenvalue weighted by atomic mass is 32.1. The second-order valence-corrected chi connectivity index (χ2v) is 12.5. The minimum Gasteiger partial charge on any atom is -0.496 e. The number of rotatable bonds is 9. The van der Waals surface area contributed by atoms with E-state index in [9.17, 15) is 9.90 Å². The Hall–Kier alpha value is -3.18. The van der Waals surface area contributed by atoms with E-state index in [-0.39, 0.29) is 6.10 Å². The van der Waals surface area contributed by atoms with Crippen LogP contribution < -0.4 is 14.4 Å². The van der Waals surface area contributed by atoms with E-state index in [4.69, 9.17) is 23.9 Å². The topological polar surface area (TPSA) is 93.6 Å². The van der Waals surface area contributed by atoms with Gasteiger partial charge in [-0.1, -0.05) is 18.2 Å². The summed E-state index contributed by atoms with van der Waals surface area (Å²) >= 11 is 1.56. The summed E-state index contributed by atoms with van der Waals surface area (Å²) in [6, 6.07) is 11.1. The lowest BCUT2D eigenvalue weighted by atomic mass is 9.94. The van der Waals surface area contributed by atoms with E-state index in [1.54, 1.807) is 25.6 Å². The molecule has 10 heteroatoms. The first-order valence-electron chi connectivity index (χ1n) is 15.1. The quantitative estimate of drug-likeness (QED) is 0.354. The van der Waals surface area contributed by atoms with Crippen LogP contribution in [0.5, 0.6) is 11.5 Å². The Morgan fingerprint density at radius 2 is 2.00 bits per heavy atom. The molecular weight excluding hydrogens is 566 g/mol. The first kappa shape index (κ1) is 29.9. The molecule has 0 amide bonds. The molecule has 0 saturated carbocycles. The Balaban J connectivity index is 1.18. The van der Waals surface area contributed by atoms with Crippen molar-refractivity contribution in [1.29, 1.82) is 0 Å². The summed E-state index contributed by atoms with van der Waals surface area (Å²) in [6.45, 7) is 7.30. The summed E-state index contributed by atoms with van der Waals surface area (Å²) < 4.78 is 23.5. The van der Waals surface area contributed by atoms with Crippen molar-refractivity contribution in [3.8, 4) is 22.8 Å². The number of aromatic nitrogens is 1. The predicted molar refractivity (Wildman–Crippen MR) is 166 cm³/mol. The number of hydrogen-bond donors (Lipinski definition) is 1. The van der Waals surface area contributed by atoms with Crippen LogP contribution in [0, 0.1) is 12.8 Å². The SMILES string of the molecule is COc1cc(COc2c(C)cccc2-c2csc(N3CC[C@@H](C(=O)O)[C@@H](OC)C3)n2)cc2c1CN(C1CCOCC1)CC2. The number of thiazole rings is 1. The van der Waals surface area contributed by atoms with Crippen molar-refractivity contribution in [1.82, 2.24) is 9.88 Å². The van der Waals surface area contributed by atoms with Crippen LogP contribution in [0.1, 0.15) is 41.5 Å². The van der Waals surface area contributed by atoms with Crippen LogP contribution in [0.25, 0.3) is 11.3 Å². The Morgan fingerprint density at radius 1 is 1.16 bits per heavy atom. The van der Waals surface area contributed by atoms with Gasteiger partial charge in [0, 0.05) is 69.1 Å². The molecule has 230 valence electrons. The van der Waals surface area contributed by atoms with Crippen molar-refractivity contribution in [2.75, 3.05) is 52.0 Å². The molecule has 1 aromatic heterocycles. The van der Waals surface area contributed by atoms with E-state index >= 15 is 0 Å². The molecule has 3 aromatic rings. The predicted octanol–water partition coefficient (Wildman–Crippen LogP) is 5.17. The number of carboxylic acids is 1. The number of methoxy groups -OCH3 is 2. The highest BCUT2D eigenvalue weighted by Gasteiger charge is 2.35. The minimum absolute atomic E-state index is 0.366. The molecule has 6 rings (SSSR count). The third-order valence-electron chi connectivity index (χ3n) is 9.13. The molecule has 43 heavy (non-hydrogen) atoms. The van der Waals surface area contributed by atoms with Gasteiger partial charge in [-0.3, -0.25) is 9.69 Å². The smallest absolute Gasteiger partial charge is 0.309 e. The number of aliphatic carboxylic acids is 1. The van der Waals surface area contributed by atoms with E-state index in [2.05, 4.69) is 34.9 Å². The van der Waals surface area contributed by atoms with Gasteiger partial charge in [0.15, 0.2) is 5.13 Å². The van der Waals surface area contributed by atoms with E-state index in [1.165, 1.54) is 11.1 Å². The average Bonchev–Trinajstić information content (AvgIpc) is 3.54. The molecule has 2 atom stereocenters. The number of carbonyl (C=O) groups is 1. The van der Waals surface area contributed by atoms with E-state index in [1.807, 2.05) is 17.5 Å². The molecule has 2 aromatic carbocycles. The number of carboxylic acid groups (broad SMARTS) is 1. The number of para-hydroxylation sites is 1. The zero-order valence-electron chi connectivity index (χ0n) is 25.2. The lowest BCUT2D eigenvalue weighted by molar-refractivity contribution is -0.147. The van der Waals surface area contributed by atoms with Crippen LogP contribution in [0.4, 0.5) is 5.13 Å². The zero-order valence-corrected chi connectivity index (χ0v) is 26.0. The third kappa shape index (κ3) is 6.38. The van der Waals surface area contributed by atoms with Crippen molar-refractivity contribution in [3.05, 3.63) is 58.0 Å². The summed E-state index contributed by atoms with van der Waals surface area (Å²) in [7, 11) is 3.33. The largest absolute Gasteiger partial charge is 0.496 e. The summed E-state index contributed by atoms with van der Waals surface area (Å²) in [5, 5.41) is 12.5.